The summed E-state index contributed by atoms with van der Waals surface area (Å²) in [7, 11) is 0. The summed E-state index contributed by atoms with van der Waals surface area (Å²) in [6.45, 7) is 1.77. The summed E-state index contributed by atoms with van der Waals surface area (Å²) in [5, 5.41) is 8.93. The van der Waals surface area contributed by atoms with Crippen LogP contribution in [0.3, 0.4) is 0 Å². The van der Waals surface area contributed by atoms with Gasteiger partial charge in [-0.2, -0.15) is 5.10 Å². The second kappa shape index (κ2) is 5.90. The topological polar surface area (TPSA) is 76.9 Å². The molecule has 0 saturated carbocycles. The molecule has 0 spiro atoms. The van der Waals surface area contributed by atoms with Crippen molar-refractivity contribution in [1.29, 1.82) is 0 Å². The van der Waals surface area contributed by atoms with Crippen molar-refractivity contribution < 1.29 is 4.79 Å². The molecular formula is C15H12N4O2S. The SMILES string of the molecule is Cc1cc(=O)c(C(=O)Nc2nccs2)nn1-c1ccccc1. The highest BCUT2D eigenvalue weighted by atomic mass is 32.1. The predicted octanol–water partition coefficient (Wildman–Crippen LogP) is 2.25. The summed E-state index contributed by atoms with van der Waals surface area (Å²) in [6.07, 6.45) is 1.57. The first-order chi connectivity index (χ1) is 10.6. The molecule has 0 atom stereocenters. The van der Waals surface area contributed by atoms with Crippen LogP contribution < -0.4 is 10.7 Å². The van der Waals surface area contributed by atoms with E-state index >= 15 is 0 Å². The van der Waals surface area contributed by atoms with Crippen LogP contribution >= 0.6 is 11.3 Å². The summed E-state index contributed by atoms with van der Waals surface area (Å²) in [4.78, 5) is 28.2. The zero-order valence-electron chi connectivity index (χ0n) is 11.7. The minimum Gasteiger partial charge on any atom is -0.296 e. The van der Waals surface area contributed by atoms with Crippen LogP contribution in [0.15, 0.2) is 52.8 Å². The number of aromatic nitrogens is 3. The largest absolute Gasteiger partial charge is 0.296 e. The lowest BCUT2D eigenvalue weighted by molar-refractivity contribution is 0.101. The molecule has 0 bridgehead atoms. The molecule has 0 aliphatic rings. The zero-order valence-corrected chi connectivity index (χ0v) is 12.5. The molecule has 0 saturated heterocycles. The molecule has 3 rings (SSSR count). The number of nitrogens with one attached hydrogen (secondary N) is 1. The van der Waals surface area contributed by atoms with Gasteiger partial charge in [0, 0.05) is 23.3 Å². The maximum Gasteiger partial charge on any atom is 0.281 e. The van der Waals surface area contributed by atoms with Crippen molar-refractivity contribution in [3.63, 3.8) is 0 Å². The van der Waals surface area contributed by atoms with Crippen molar-refractivity contribution in [3.05, 3.63) is 69.6 Å². The van der Waals surface area contributed by atoms with E-state index in [0.717, 1.165) is 5.69 Å². The minimum atomic E-state index is -0.565. The van der Waals surface area contributed by atoms with Crippen molar-refractivity contribution in [1.82, 2.24) is 14.8 Å². The quantitative estimate of drug-likeness (QED) is 0.804. The maximum absolute atomic E-state index is 12.2. The molecule has 22 heavy (non-hydrogen) atoms. The summed E-state index contributed by atoms with van der Waals surface area (Å²) in [6, 6.07) is 10.7. The van der Waals surface area contributed by atoms with E-state index < -0.39 is 11.3 Å². The molecule has 2 aromatic heterocycles. The highest BCUT2D eigenvalue weighted by Crippen LogP contribution is 2.12. The van der Waals surface area contributed by atoms with Gasteiger partial charge in [0.25, 0.3) is 5.91 Å². The monoisotopic (exact) mass is 312 g/mol. The van der Waals surface area contributed by atoms with Gasteiger partial charge in [-0.15, -0.1) is 11.3 Å². The lowest BCUT2D eigenvalue weighted by atomic mass is 10.3. The van der Waals surface area contributed by atoms with Crippen LogP contribution in [0.4, 0.5) is 5.13 Å². The van der Waals surface area contributed by atoms with Crippen molar-refractivity contribution in [3.8, 4) is 5.69 Å². The Morgan fingerprint density at radius 3 is 2.73 bits per heavy atom. The lowest BCUT2D eigenvalue weighted by Crippen LogP contribution is -2.26. The number of para-hydroxylation sites is 1. The van der Waals surface area contributed by atoms with Gasteiger partial charge in [0.1, 0.15) is 0 Å². The van der Waals surface area contributed by atoms with E-state index in [-0.39, 0.29) is 5.69 Å². The number of hydrogen-bond acceptors (Lipinski definition) is 5. The number of amides is 1. The van der Waals surface area contributed by atoms with Crippen LogP contribution in [0.5, 0.6) is 0 Å². The Morgan fingerprint density at radius 2 is 2.05 bits per heavy atom. The van der Waals surface area contributed by atoms with Gasteiger partial charge in [-0.05, 0) is 19.1 Å². The van der Waals surface area contributed by atoms with Gasteiger partial charge in [0.05, 0.1) is 5.69 Å². The number of rotatable bonds is 3. The van der Waals surface area contributed by atoms with Crippen LogP contribution in [-0.4, -0.2) is 20.7 Å². The smallest absolute Gasteiger partial charge is 0.281 e. The van der Waals surface area contributed by atoms with Crippen LogP contribution in [0, 0.1) is 6.92 Å². The Bertz CT molecular complexity index is 857. The summed E-state index contributed by atoms with van der Waals surface area (Å²) < 4.78 is 1.57. The van der Waals surface area contributed by atoms with Gasteiger partial charge in [-0.1, -0.05) is 18.2 Å². The molecule has 6 nitrogen and oxygen atoms in total. The summed E-state index contributed by atoms with van der Waals surface area (Å²) >= 11 is 1.28. The molecule has 1 amide bonds. The molecule has 0 radical (unpaired) electrons. The molecular weight excluding hydrogens is 300 g/mol. The number of hydrogen-bond donors (Lipinski definition) is 1. The average Bonchev–Trinajstić information content (AvgIpc) is 3.01. The Morgan fingerprint density at radius 1 is 1.27 bits per heavy atom. The number of carbonyl (C=O) groups excluding carboxylic acids is 1. The number of anilines is 1. The van der Waals surface area contributed by atoms with E-state index in [1.165, 1.54) is 17.4 Å². The number of benzene rings is 1. The molecule has 0 aliphatic heterocycles. The molecule has 110 valence electrons. The third-order valence-electron chi connectivity index (χ3n) is 2.98. The third-order valence-corrected chi connectivity index (χ3v) is 3.66. The summed E-state index contributed by atoms with van der Waals surface area (Å²) in [5.41, 5.74) is 0.855. The Balaban J connectivity index is 2.01. The molecule has 0 aliphatic carbocycles. The van der Waals surface area contributed by atoms with E-state index in [0.29, 0.717) is 10.8 Å². The van der Waals surface area contributed by atoms with Crippen LogP contribution in [0.25, 0.3) is 5.69 Å². The fourth-order valence-corrected chi connectivity index (χ4v) is 2.50. The molecule has 2 heterocycles. The number of carbonyl (C=O) groups is 1. The van der Waals surface area contributed by atoms with Crippen molar-refractivity contribution >= 4 is 22.4 Å². The first kappa shape index (κ1) is 14.2. The van der Waals surface area contributed by atoms with Crippen molar-refractivity contribution in [2.75, 3.05) is 5.32 Å². The number of aryl methyl sites for hydroxylation is 1. The Kier molecular flexibility index (Phi) is 3.80. The Hall–Kier alpha value is -2.80. The highest BCUT2D eigenvalue weighted by Gasteiger charge is 2.16. The van der Waals surface area contributed by atoms with Gasteiger partial charge >= 0.3 is 0 Å². The minimum absolute atomic E-state index is 0.162. The van der Waals surface area contributed by atoms with E-state index in [4.69, 9.17) is 0 Å². The normalized spacial score (nSPS) is 10.4. The molecule has 3 aromatic rings. The highest BCUT2D eigenvalue weighted by molar-refractivity contribution is 7.13. The maximum atomic E-state index is 12.2. The Labute approximate surface area is 130 Å². The van der Waals surface area contributed by atoms with Crippen LogP contribution in [-0.2, 0) is 0 Å². The van der Waals surface area contributed by atoms with E-state index in [2.05, 4.69) is 15.4 Å². The standard InChI is InChI=1S/C15H12N4O2S/c1-10-9-12(20)13(14(21)17-15-16-7-8-22-15)18-19(10)11-5-3-2-4-6-11/h2-9H,1H3,(H,16,17,21). The molecule has 1 N–H and O–H groups in total. The van der Waals surface area contributed by atoms with Gasteiger partial charge < -0.3 is 0 Å². The van der Waals surface area contributed by atoms with Crippen molar-refractivity contribution in [2.45, 2.75) is 6.92 Å². The van der Waals surface area contributed by atoms with E-state index in [1.54, 1.807) is 23.2 Å². The zero-order chi connectivity index (χ0) is 15.5. The molecule has 1 aromatic carbocycles. The second-order valence-corrected chi connectivity index (χ2v) is 5.43. The van der Waals surface area contributed by atoms with Gasteiger partial charge in [-0.25, -0.2) is 9.67 Å². The molecule has 0 fully saturated rings. The van der Waals surface area contributed by atoms with E-state index in [9.17, 15) is 9.59 Å². The summed E-state index contributed by atoms with van der Waals surface area (Å²) in [5.74, 6) is -0.565. The molecule has 7 heteroatoms. The first-order valence-corrected chi connectivity index (χ1v) is 7.40. The predicted molar refractivity (Wildman–Crippen MR) is 84.6 cm³/mol. The molecule has 0 unspecified atom stereocenters. The third kappa shape index (κ3) is 2.79. The fourth-order valence-electron chi connectivity index (χ4n) is 1.98. The van der Waals surface area contributed by atoms with Gasteiger partial charge in [-0.3, -0.25) is 14.9 Å². The fraction of sp³-hybridized carbons (Fsp3) is 0.0667. The van der Waals surface area contributed by atoms with Crippen LogP contribution in [0.2, 0.25) is 0 Å². The van der Waals surface area contributed by atoms with E-state index in [1.807, 2.05) is 30.3 Å². The van der Waals surface area contributed by atoms with Crippen LogP contribution in [0.1, 0.15) is 16.2 Å². The van der Waals surface area contributed by atoms with Gasteiger partial charge in [0.15, 0.2) is 10.8 Å². The van der Waals surface area contributed by atoms with Gasteiger partial charge in [0.2, 0.25) is 5.43 Å². The number of nitrogens with zero attached hydrogens (tertiary/aromatic N) is 3. The number of thiazole rings is 1. The van der Waals surface area contributed by atoms with Crippen molar-refractivity contribution in [2.24, 2.45) is 0 Å². The first-order valence-electron chi connectivity index (χ1n) is 6.52. The average molecular weight is 312 g/mol. The lowest BCUT2D eigenvalue weighted by Gasteiger charge is -2.10. The second-order valence-electron chi connectivity index (χ2n) is 4.54.